The lowest BCUT2D eigenvalue weighted by Crippen LogP contribution is -2.14. The minimum atomic E-state index is -0.483. The molecule has 2 aromatic carbocycles. The van der Waals surface area contributed by atoms with Gasteiger partial charge in [0.15, 0.2) is 5.76 Å². The van der Waals surface area contributed by atoms with Gasteiger partial charge < -0.3 is 14.5 Å². The molecule has 0 radical (unpaired) electrons. The minimum Gasteiger partial charge on any atom is -0.462 e. The highest BCUT2D eigenvalue weighted by molar-refractivity contribution is 7.15. The van der Waals surface area contributed by atoms with Crippen LogP contribution in [0.4, 0.5) is 5.00 Å². The van der Waals surface area contributed by atoms with Crippen LogP contribution in [0.25, 0.3) is 22.1 Å². The first-order valence-electron chi connectivity index (χ1n) is 9.74. The van der Waals surface area contributed by atoms with Gasteiger partial charge in [0.25, 0.3) is 5.91 Å². The van der Waals surface area contributed by atoms with Crippen LogP contribution in [0.2, 0.25) is 5.02 Å². The average Bonchev–Trinajstić information content (AvgIpc) is 3.34. The third-order valence-corrected chi connectivity index (χ3v) is 6.15. The zero-order chi connectivity index (χ0) is 22.1. The summed E-state index contributed by atoms with van der Waals surface area (Å²) in [6.07, 6.45) is 0. The monoisotopic (exact) mass is 453 g/mol. The maximum Gasteiger partial charge on any atom is 0.341 e. The number of hydrogen-bond acceptors (Lipinski definition) is 5. The van der Waals surface area contributed by atoms with Crippen molar-refractivity contribution < 1.29 is 18.7 Å². The molecule has 31 heavy (non-hydrogen) atoms. The summed E-state index contributed by atoms with van der Waals surface area (Å²) in [5.74, 6) is -0.803. The summed E-state index contributed by atoms with van der Waals surface area (Å²) in [4.78, 5) is 25.6. The fraction of sp³-hybridized carbons (Fsp3) is 0.167. The van der Waals surface area contributed by atoms with Gasteiger partial charge in [0.2, 0.25) is 0 Å². The number of rotatable bonds is 5. The van der Waals surface area contributed by atoms with Crippen LogP contribution >= 0.6 is 22.9 Å². The second-order valence-electron chi connectivity index (χ2n) is 7.12. The number of amides is 1. The third kappa shape index (κ3) is 4.22. The van der Waals surface area contributed by atoms with Gasteiger partial charge in [0.1, 0.15) is 16.1 Å². The molecule has 1 N–H and O–H groups in total. The largest absolute Gasteiger partial charge is 0.462 e. The van der Waals surface area contributed by atoms with Crippen LogP contribution in [0.5, 0.6) is 0 Å². The van der Waals surface area contributed by atoms with E-state index in [0.29, 0.717) is 21.2 Å². The number of ether oxygens (including phenoxy) is 1. The van der Waals surface area contributed by atoms with E-state index in [1.165, 1.54) is 11.3 Å². The molecule has 158 valence electrons. The average molecular weight is 454 g/mol. The lowest BCUT2D eigenvalue weighted by atomic mass is 9.99. The number of carbonyl (C=O) groups is 2. The van der Waals surface area contributed by atoms with Gasteiger partial charge in [-0.05, 0) is 61.7 Å². The molecule has 0 bridgehead atoms. The van der Waals surface area contributed by atoms with Gasteiger partial charge in [-0.3, -0.25) is 4.79 Å². The number of halogens is 1. The van der Waals surface area contributed by atoms with E-state index in [4.69, 9.17) is 20.8 Å². The first-order valence-corrected chi connectivity index (χ1v) is 11.0. The molecule has 0 aliphatic rings. The van der Waals surface area contributed by atoms with Crippen LogP contribution in [0.15, 0.2) is 52.3 Å². The quantitative estimate of drug-likeness (QED) is 0.335. The molecule has 0 saturated carbocycles. The van der Waals surface area contributed by atoms with Gasteiger partial charge in [-0.2, -0.15) is 0 Å². The van der Waals surface area contributed by atoms with Crippen LogP contribution in [-0.2, 0) is 4.74 Å². The molecule has 4 aromatic rings. The van der Waals surface area contributed by atoms with Crippen molar-refractivity contribution in [2.45, 2.75) is 20.8 Å². The van der Waals surface area contributed by atoms with Gasteiger partial charge >= 0.3 is 5.97 Å². The fourth-order valence-corrected chi connectivity index (χ4v) is 4.40. The summed E-state index contributed by atoms with van der Waals surface area (Å²) in [5.41, 5.74) is 4.78. The van der Waals surface area contributed by atoms with Crippen LogP contribution in [0, 0.1) is 13.8 Å². The van der Waals surface area contributed by atoms with Crippen molar-refractivity contribution in [2.75, 3.05) is 11.9 Å². The van der Waals surface area contributed by atoms with Gasteiger partial charge in [-0.15, -0.1) is 11.3 Å². The number of fused-ring (bicyclic) bond motifs is 1. The summed E-state index contributed by atoms with van der Waals surface area (Å²) in [6.45, 7) is 6.04. The van der Waals surface area contributed by atoms with Crippen LogP contribution < -0.4 is 5.32 Å². The summed E-state index contributed by atoms with van der Waals surface area (Å²) in [7, 11) is 0. The number of anilines is 1. The Kier molecular flexibility index (Phi) is 5.85. The van der Waals surface area contributed by atoms with Gasteiger partial charge in [0.05, 0.1) is 6.61 Å². The summed E-state index contributed by atoms with van der Waals surface area (Å²) in [6, 6.07) is 12.7. The molecule has 0 aliphatic heterocycles. The topological polar surface area (TPSA) is 68.5 Å². The molecular formula is C24H20ClNO4S. The Labute approximate surface area is 188 Å². The van der Waals surface area contributed by atoms with E-state index < -0.39 is 11.9 Å². The Hall–Kier alpha value is -3.09. The van der Waals surface area contributed by atoms with Gasteiger partial charge in [-0.25, -0.2) is 4.79 Å². The molecule has 2 aromatic heterocycles. The molecule has 0 spiro atoms. The molecule has 0 saturated heterocycles. The third-order valence-electron chi connectivity index (χ3n) is 5.02. The van der Waals surface area contributed by atoms with Crippen molar-refractivity contribution in [1.82, 2.24) is 0 Å². The van der Waals surface area contributed by atoms with E-state index in [9.17, 15) is 9.59 Å². The zero-order valence-corrected chi connectivity index (χ0v) is 18.8. The Balaban J connectivity index is 1.71. The highest BCUT2D eigenvalue weighted by Gasteiger charge is 2.24. The van der Waals surface area contributed by atoms with E-state index in [2.05, 4.69) is 5.32 Å². The second kappa shape index (κ2) is 8.57. The van der Waals surface area contributed by atoms with Crippen molar-refractivity contribution in [3.05, 3.63) is 75.3 Å². The predicted octanol–water partition coefficient (Wildman–Crippen LogP) is 6.86. The molecule has 5 nitrogen and oxygen atoms in total. The Bertz CT molecular complexity index is 1300. The first-order chi connectivity index (χ1) is 14.9. The summed E-state index contributed by atoms with van der Waals surface area (Å²) < 4.78 is 10.9. The molecule has 0 fully saturated rings. The zero-order valence-electron chi connectivity index (χ0n) is 17.2. The van der Waals surface area contributed by atoms with E-state index >= 15 is 0 Å². The van der Waals surface area contributed by atoms with E-state index in [1.807, 2.05) is 37.4 Å². The molecule has 2 heterocycles. The Morgan fingerprint density at radius 2 is 1.90 bits per heavy atom. The highest BCUT2D eigenvalue weighted by Crippen LogP contribution is 2.37. The number of hydrogen-bond donors (Lipinski definition) is 1. The van der Waals surface area contributed by atoms with Crippen molar-refractivity contribution in [3.63, 3.8) is 0 Å². The molecule has 4 rings (SSSR count). The number of aryl methyl sites for hydroxylation is 2. The maximum atomic E-state index is 12.9. The highest BCUT2D eigenvalue weighted by atomic mass is 35.5. The SMILES string of the molecule is CCOC(=O)c1c(-c2ccc(C)c(C)c2)csc1NC(=O)c1cc2cc(Cl)ccc2o1. The lowest BCUT2D eigenvalue weighted by Gasteiger charge is -2.09. The van der Waals surface area contributed by atoms with Crippen molar-refractivity contribution >= 4 is 50.8 Å². The molecule has 0 unspecified atom stereocenters. The predicted molar refractivity (Wildman–Crippen MR) is 124 cm³/mol. The fourth-order valence-electron chi connectivity index (χ4n) is 3.27. The molecule has 0 aliphatic carbocycles. The van der Waals surface area contributed by atoms with Crippen molar-refractivity contribution in [2.24, 2.45) is 0 Å². The maximum absolute atomic E-state index is 12.9. The number of esters is 1. The van der Waals surface area contributed by atoms with E-state index in [-0.39, 0.29) is 12.4 Å². The molecule has 1 amide bonds. The van der Waals surface area contributed by atoms with Gasteiger partial charge in [-0.1, -0.05) is 29.8 Å². The number of furan rings is 1. The van der Waals surface area contributed by atoms with Crippen molar-refractivity contribution in [3.8, 4) is 11.1 Å². The Morgan fingerprint density at radius 1 is 1.10 bits per heavy atom. The van der Waals surface area contributed by atoms with E-state index in [0.717, 1.165) is 27.6 Å². The van der Waals surface area contributed by atoms with Gasteiger partial charge in [0, 0.05) is 21.4 Å². The summed E-state index contributed by atoms with van der Waals surface area (Å²) in [5, 5.41) is 6.36. The lowest BCUT2D eigenvalue weighted by molar-refractivity contribution is 0.0529. The first kappa shape index (κ1) is 21.2. The minimum absolute atomic E-state index is 0.133. The van der Waals surface area contributed by atoms with E-state index in [1.54, 1.807) is 31.2 Å². The number of carbonyl (C=O) groups excluding carboxylic acids is 2. The smallest absolute Gasteiger partial charge is 0.341 e. The second-order valence-corrected chi connectivity index (χ2v) is 8.44. The van der Waals surface area contributed by atoms with Crippen LogP contribution in [-0.4, -0.2) is 18.5 Å². The summed E-state index contributed by atoms with van der Waals surface area (Å²) >= 11 is 7.28. The van der Waals surface area contributed by atoms with Crippen LogP contribution in [0.3, 0.4) is 0 Å². The number of thiophene rings is 1. The number of nitrogens with one attached hydrogen (secondary N) is 1. The van der Waals surface area contributed by atoms with Crippen LogP contribution in [0.1, 0.15) is 39.0 Å². The molecular weight excluding hydrogens is 434 g/mol. The standard InChI is InChI=1S/C24H20ClNO4S/c1-4-29-24(28)21-18(15-6-5-13(2)14(3)9-15)12-31-23(21)26-22(27)20-11-16-10-17(25)7-8-19(16)30-20/h5-12H,4H2,1-3H3,(H,26,27). The normalized spacial score (nSPS) is 11.0. The molecule has 0 atom stereocenters. The Morgan fingerprint density at radius 3 is 2.65 bits per heavy atom. The number of benzene rings is 2. The van der Waals surface area contributed by atoms with Crippen molar-refractivity contribution in [1.29, 1.82) is 0 Å². The molecule has 7 heteroatoms.